The topological polar surface area (TPSA) is 51.5 Å². The highest BCUT2D eigenvalue weighted by molar-refractivity contribution is 5.86. The van der Waals surface area contributed by atoms with Crippen LogP contribution in [0.2, 0.25) is 0 Å². The van der Waals surface area contributed by atoms with Gasteiger partial charge in [-0.25, -0.2) is 4.79 Å². The molecule has 96 valence electrons. The molecule has 0 fully saturated rings. The molecule has 4 nitrogen and oxygen atoms in total. The minimum Gasteiger partial charge on any atom is -0.508 e. The van der Waals surface area contributed by atoms with Gasteiger partial charge in [0.15, 0.2) is 0 Å². The average molecular weight is 247 g/mol. The smallest absolute Gasteiger partial charge is 0.331 e. The first-order chi connectivity index (χ1) is 8.46. The van der Waals surface area contributed by atoms with Gasteiger partial charge in [-0.3, -0.25) is 0 Å². The normalized spacial score (nSPS) is 11.7. The molecule has 18 heavy (non-hydrogen) atoms. The van der Waals surface area contributed by atoms with Crippen LogP contribution in [0.15, 0.2) is 30.5 Å². The summed E-state index contributed by atoms with van der Waals surface area (Å²) in [7, 11) is 0. The zero-order chi connectivity index (χ0) is 13.3. The lowest BCUT2D eigenvalue weighted by molar-refractivity contribution is -0.151. The number of nitrogens with zero attached hydrogens (tertiary/aromatic N) is 1. The number of esters is 1. The lowest BCUT2D eigenvalue weighted by Crippen LogP contribution is -2.36. The Morgan fingerprint density at radius 1 is 1.39 bits per heavy atom. The molecular weight excluding hydrogens is 230 g/mol. The van der Waals surface area contributed by atoms with Crippen molar-refractivity contribution in [3.8, 4) is 5.75 Å². The Kier molecular flexibility index (Phi) is 3.03. The molecule has 1 N–H and O–H groups in total. The second kappa shape index (κ2) is 4.37. The minimum atomic E-state index is -0.769. The molecule has 2 aromatic rings. The summed E-state index contributed by atoms with van der Waals surface area (Å²) in [6.07, 6.45) is 1.83. The Bertz CT molecular complexity index is 584. The highest BCUT2D eigenvalue weighted by atomic mass is 16.5. The maximum atomic E-state index is 12.0. The van der Waals surface area contributed by atoms with E-state index in [4.69, 9.17) is 4.74 Å². The van der Waals surface area contributed by atoms with Crippen LogP contribution in [0.25, 0.3) is 10.9 Å². The fourth-order valence-electron chi connectivity index (χ4n) is 2.02. The Morgan fingerprint density at radius 2 is 2.11 bits per heavy atom. The first kappa shape index (κ1) is 12.5. The van der Waals surface area contributed by atoms with Crippen molar-refractivity contribution in [3.63, 3.8) is 0 Å². The molecule has 0 unspecified atom stereocenters. The summed E-state index contributed by atoms with van der Waals surface area (Å²) in [6, 6.07) is 6.95. The third kappa shape index (κ3) is 1.94. The number of hydrogen-bond donors (Lipinski definition) is 1. The van der Waals surface area contributed by atoms with Gasteiger partial charge in [0.2, 0.25) is 0 Å². The molecule has 0 radical (unpaired) electrons. The van der Waals surface area contributed by atoms with Gasteiger partial charge in [0, 0.05) is 17.1 Å². The predicted molar refractivity (Wildman–Crippen MR) is 69.6 cm³/mol. The third-order valence-corrected chi connectivity index (χ3v) is 3.05. The van der Waals surface area contributed by atoms with Gasteiger partial charge >= 0.3 is 5.97 Å². The molecule has 0 saturated carbocycles. The Morgan fingerprint density at radius 3 is 2.78 bits per heavy atom. The maximum absolute atomic E-state index is 12.0. The largest absolute Gasteiger partial charge is 0.508 e. The Hall–Kier alpha value is -1.97. The molecule has 0 spiro atoms. The molecule has 1 aromatic heterocycles. The van der Waals surface area contributed by atoms with E-state index in [1.54, 1.807) is 25.1 Å². The summed E-state index contributed by atoms with van der Waals surface area (Å²) in [5.74, 6) is -0.0511. The third-order valence-electron chi connectivity index (χ3n) is 3.05. The summed E-state index contributed by atoms with van der Waals surface area (Å²) in [5, 5.41) is 10.3. The van der Waals surface area contributed by atoms with Crippen molar-refractivity contribution >= 4 is 16.9 Å². The number of carbonyl (C=O) groups excluding carboxylic acids is 1. The number of fused-ring (bicyclic) bond motifs is 1. The quantitative estimate of drug-likeness (QED) is 0.848. The van der Waals surface area contributed by atoms with Crippen LogP contribution in [0.5, 0.6) is 5.75 Å². The Balaban J connectivity index is 2.50. The van der Waals surface area contributed by atoms with Crippen molar-refractivity contribution in [2.45, 2.75) is 26.3 Å². The van der Waals surface area contributed by atoms with Gasteiger partial charge in [0.1, 0.15) is 11.3 Å². The molecule has 1 aromatic carbocycles. The molecule has 0 amide bonds. The van der Waals surface area contributed by atoms with E-state index in [9.17, 15) is 9.90 Å². The zero-order valence-electron chi connectivity index (χ0n) is 10.8. The van der Waals surface area contributed by atoms with Crippen LogP contribution < -0.4 is 0 Å². The fourth-order valence-corrected chi connectivity index (χ4v) is 2.02. The summed E-state index contributed by atoms with van der Waals surface area (Å²) in [4.78, 5) is 12.0. The molecule has 0 aliphatic rings. The summed E-state index contributed by atoms with van der Waals surface area (Å²) >= 11 is 0. The average Bonchev–Trinajstić information content (AvgIpc) is 2.72. The SMILES string of the molecule is CCOC(=O)C(C)(C)n1ccc2cc(O)ccc21. The number of phenolic OH excluding ortho intramolecular Hbond substituents is 1. The molecule has 0 aliphatic carbocycles. The van der Waals surface area contributed by atoms with E-state index in [0.29, 0.717) is 6.61 Å². The summed E-state index contributed by atoms with van der Waals surface area (Å²) in [6.45, 7) is 5.79. The van der Waals surface area contributed by atoms with Gasteiger partial charge in [0.25, 0.3) is 0 Å². The van der Waals surface area contributed by atoms with Crippen LogP contribution >= 0.6 is 0 Å². The zero-order valence-corrected chi connectivity index (χ0v) is 10.8. The van der Waals surface area contributed by atoms with Gasteiger partial charge < -0.3 is 14.4 Å². The minimum absolute atomic E-state index is 0.217. The molecule has 2 rings (SSSR count). The lowest BCUT2D eigenvalue weighted by atomic mass is 10.1. The molecule has 0 bridgehead atoms. The van der Waals surface area contributed by atoms with Crippen LogP contribution in [-0.4, -0.2) is 22.2 Å². The first-order valence-corrected chi connectivity index (χ1v) is 5.94. The van der Waals surface area contributed by atoms with Crippen LogP contribution in [0.4, 0.5) is 0 Å². The highest BCUT2D eigenvalue weighted by Gasteiger charge is 2.31. The van der Waals surface area contributed by atoms with E-state index in [0.717, 1.165) is 10.9 Å². The van der Waals surface area contributed by atoms with Crippen molar-refractivity contribution in [3.05, 3.63) is 30.5 Å². The van der Waals surface area contributed by atoms with E-state index in [-0.39, 0.29) is 11.7 Å². The highest BCUT2D eigenvalue weighted by Crippen LogP contribution is 2.27. The second-order valence-electron chi connectivity index (χ2n) is 4.71. The molecule has 0 aliphatic heterocycles. The van der Waals surface area contributed by atoms with E-state index in [2.05, 4.69) is 0 Å². The number of phenols is 1. The van der Waals surface area contributed by atoms with Gasteiger partial charge in [-0.2, -0.15) is 0 Å². The van der Waals surface area contributed by atoms with E-state index < -0.39 is 5.54 Å². The van der Waals surface area contributed by atoms with Crippen molar-refractivity contribution in [2.75, 3.05) is 6.61 Å². The standard InChI is InChI=1S/C14H17NO3/c1-4-18-13(17)14(2,3)15-8-7-10-9-11(16)5-6-12(10)15/h5-9,16H,4H2,1-3H3. The second-order valence-corrected chi connectivity index (χ2v) is 4.71. The molecule has 4 heteroatoms. The molecule has 0 saturated heterocycles. The van der Waals surface area contributed by atoms with Crippen LogP contribution in [0, 0.1) is 0 Å². The van der Waals surface area contributed by atoms with Crippen LogP contribution in [0.3, 0.4) is 0 Å². The van der Waals surface area contributed by atoms with Crippen molar-refractivity contribution in [2.24, 2.45) is 0 Å². The molecule has 0 atom stereocenters. The maximum Gasteiger partial charge on any atom is 0.331 e. The number of aromatic hydroxyl groups is 1. The van der Waals surface area contributed by atoms with Crippen LogP contribution in [0.1, 0.15) is 20.8 Å². The van der Waals surface area contributed by atoms with Crippen molar-refractivity contribution < 1.29 is 14.6 Å². The summed E-state index contributed by atoms with van der Waals surface area (Å²) in [5.41, 5.74) is 0.125. The number of ether oxygens (including phenoxy) is 1. The number of rotatable bonds is 3. The van der Waals surface area contributed by atoms with Crippen molar-refractivity contribution in [1.82, 2.24) is 4.57 Å². The predicted octanol–water partition coefficient (Wildman–Crippen LogP) is 2.65. The van der Waals surface area contributed by atoms with Gasteiger partial charge in [-0.1, -0.05) is 0 Å². The number of hydrogen-bond acceptors (Lipinski definition) is 3. The van der Waals surface area contributed by atoms with Gasteiger partial charge in [0.05, 0.1) is 6.61 Å². The first-order valence-electron chi connectivity index (χ1n) is 5.94. The van der Waals surface area contributed by atoms with E-state index >= 15 is 0 Å². The number of benzene rings is 1. The summed E-state index contributed by atoms with van der Waals surface area (Å²) < 4.78 is 6.95. The lowest BCUT2D eigenvalue weighted by Gasteiger charge is -2.25. The van der Waals surface area contributed by atoms with Crippen LogP contribution in [-0.2, 0) is 15.1 Å². The monoisotopic (exact) mass is 247 g/mol. The number of aromatic nitrogens is 1. The van der Waals surface area contributed by atoms with E-state index in [1.807, 2.05) is 30.7 Å². The van der Waals surface area contributed by atoms with Gasteiger partial charge in [-0.05, 0) is 45.0 Å². The Labute approximate surface area is 106 Å². The van der Waals surface area contributed by atoms with Gasteiger partial charge in [-0.15, -0.1) is 0 Å². The number of carbonyl (C=O) groups is 1. The molecule has 1 heterocycles. The van der Waals surface area contributed by atoms with Crippen molar-refractivity contribution in [1.29, 1.82) is 0 Å². The molecular formula is C14H17NO3. The van der Waals surface area contributed by atoms with E-state index in [1.165, 1.54) is 0 Å². The fraction of sp³-hybridized carbons (Fsp3) is 0.357.